The second-order valence-corrected chi connectivity index (χ2v) is 4.52. The fourth-order valence-electron chi connectivity index (χ4n) is 2.18. The van der Waals surface area contributed by atoms with Crippen molar-refractivity contribution < 1.29 is 19.7 Å². The zero-order valence-corrected chi connectivity index (χ0v) is 10.5. The molecule has 1 aromatic rings. The van der Waals surface area contributed by atoms with Crippen molar-refractivity contribution >= 4 is 5.82 Å². The van der Waals surface area contributed by atoms with Crippen molar-refractivity contribution in [2.24, 2.45) is 0 Å². The second-order valence-electron chi connectivity index (χ2n) is 4.52. The number of aliphatic hydroxyl groups is 2. The number of aromatic nitrogens is 2. The molecule has 8 heteroatoms. The van der Waals surface area contributed by atoms with Crippen LogP contribution < -0.4 is 11.4 Å². The van der Waals surface area contributed by atoms with Crippen molar-refractivity contribution in [3.8, 4) is 0 Å². The number of hydrogen-bond donors (Lipinski definition) is 3. The topological polar surface area (TPSA) is 120 Å². The van der Waals surface area contributed by atoms with Crippen LogP contribution in [0.2, 0.25) is 0 Å². The molecule has 0 aromatic carbocycles. The molecule has 0 saturated carbocycles. The summed E-state index contributed by atoms with van der Waals surface area (Å²) < 4.78 is 11.8. The van der Waals surface area contributed by atoms with Gasteiger partial charge in [0.25, 0.3) is 0 Å². The first-order valence-electron chi connectivity index (χ1n) is 5.83. The standard InChI is InChI=1S/C11H17N3O5/c1-18-6-11(5-15)7(16)4-9(19-11)14-3-2-8(12)13-10(14)17/h2-3,7,9,15-16H,4-6H2,1H3,(H2,12,13,17)/t7-,9+,11-/m0/s1. The molecule has 0 unspecified atom stereocenters. The van der Waals surface area contributed by atoms with Gasteiger partial charge in [-0.2, -0.15) is 4.98 Å². The van der Waals surface area contributed by atoms with Crippen molar-refractivity contribution in [1.29, 1.82) is 0 Å². The third-order valence-electron chi connectivity index (χ3n) is 3.22. The fraction of sp³-hybridized carbons (Fsp3) is 0.636. The molecule has 19 heavy (non-hydrogen) atoms. The average molecular weight is 271 g/mol. The predicted octanol–water partition coefficient (Wildman–Crippen LogP) is -1.52. The highest BCUT2D eigenvalue weighted by Crippen LogP contribution is 2.36. The predicted molar refractivity (Wildman–Crippen MR) is 65.3 cm³/mol. The molecule has 0 amide bonds. The van der Waals surface area contributed by atoms with Crippen molar-refractivity contribution in [2.75, 3.05) is 26.1 Å². The molecule has 1 aliphatic rings. The Labute approximate surface area is 109 Å². The van der Waals surface area contributed by atoms with Gasteiger partial charge in [-0.1, -0.05) is 0 Å². The van der Waals surface area contributed by atoms with Crippen LogP contribution in [0, 0.1) is 0 Å². The van der Waals surface area contributed by atoms with Gasteiger partial charge in [0.05, 0.1) is 19.3 Å². The first kappa shape index (κ1) is 13.9. The molecule has 8 nitrogen and oxygen atoms in total. The number of nitrogens with zero attached hydrogens (tertiary/aromatic N) is 2. The highest BCUT2D eigenvalue weighted by atomic mass is 16.6. The molecule has 3 atom stereocenters. The van der Waals surface area contributed by atoms with Gasteiger partial charge >= 0.3 is 5.69 Å². The van der Waals surface area contributed by atoms with Gasteiger partial charge in [-0.3, -0.25) is 4.57 Å². The minimum Gasteiger partial charge on any atom is -0.393 e. The minimum absolute atomic E-state index is 0.0261. The molecule has 1 fully saturated rings. The van der Waals surface area contributed by atoms with E-state index in [0.717, 1.165) is 0 Å². The average Bonchev–Trinajstić information content (AvgIpc) is 2.67. The van der Waals surface area contributed by atoms with Crippen LogP contribution >= 0.6 is 0 Å². The quantitative estimate of drug-likeness (QED) is 0.608. The molecule has 0 aliphatic carbocycles. The molecule has 0 radical (unpaired) electrons. The molecule has 1 aliphatic heterocycles. The number of rotatable bonds is 4. The van der Waals surface area contributed by atoms with E-state index in [4.69, 9.17) is 15.2 Å². The van der Waals surface area contributed by atoms with E-state index in [2.05, 4.69) is 4.98 Å². The van der Waals surface area contributed by atoms with Crippen LogP contribution in [0.3, 0.4) is 0 Å². The largest absolute Gasteiger partial charge is 0.393 e. The molecule has 0 bridgehead atoms. The Balaban J connectivity index is 2.27. The first-order chi connectivity index (χ1) is 9.02. The van der Waals surface area contributed by atoms with E-state index in [-0.39, 0.29) is 18.8 Å². The number of anilines is 1. The summed E-state index contributed by atoms with van der Waals surface area (Å²) in [7, 11) is 1.44. The summed E-state index contributed by atoms with van der Waals surface area (Å²) in [6.07, 6.45) is -0.0395. The third-order valence-corrected chi connectivity index (χ3v) is 3.22. The lowest BCUT2D eigenvalue weighted by molar-refractivity contribution is -0.156. The van der Waals surface area contributed by atoms with E-state index in [1.807, 2.05) is 0 Å². The van der Waals surface area contributed by atoms with Crippen molar-refractivity contribution in [1.82, 2.24) is 9.55 Å². The second kappa shape index (κ2) is 5.25. The Morgan fingerprint density at radius 3 is 3.05 bits per heavy atom. The molecule has 4 N–H and O–H groups in total. The number of ether oxygens (including phenoxy) is 2. The van der Waals surface area contributed by atoms with Crippen molar-refractivity contribution in [2.45, 2.75) is 24.4 Å². The minimum atomic E-state index is -1.22. The number of nitrogen functional groups attached to an aromatic ring is 1. The van der Waals surface area contributed by atoms with Crippen LogP contribution in [0.15, 0.2) is 17.1 Å². The number of hydrogen-bond acceptors (Lipinski definition) is 7. The normalized spacial score (nSPS) is 30.7. The molecule has 2 rings (SSSR count). The summed E-state index contributed by atoms with van der Waals surface area (Å²) in [5.74, 6) is 0.116. The Morgan fingerprint density at radius 1 is 1.74 bits per heavy atom. The maximum absolute atomic E-state index is 11.7. The van der Waals surface area contributed by atoms with Gasteiger partial charge in [0.1, 0.15) is 17.6 Å². The summed E-state index contributed by atoms with van der Waals surface area (Å²) >= 11 is 0. The van der Waals surface area contributed by atoms with Gasteiger partial charge in [0.2, 0.25) is 0 Å². The summed E-state index contributed by atoms with van der Waals surface area (Å²) in [4.78, 5) is 15.3. The van der Waals surface area contributed by atoms with Gasteiger partial charge < -0.3 is 25.4 Å². The Morgan fingerprint density at radius 2 is 2.47 bits per heavy atom. The van der Waals surface area contributed by atoms with Crippen molar-refractivity contribution in [3.05, 3.63) is 22.7 Å². The molecule has 1 saturated heterocycles. The van der Waals surface area contributed by atoms with Crippen LogP contribution in [-0.2, 0) is 9.47 Å². The smallest absolute Gasteiger partial charge is 0.351 e. The van der Waals surface area contributed by atoms with E-state index in [0.29, 0.717) is 0 Å². The summed E-state index contributed by atoms with van der Waals surface area (Å²) in [5, 5.41) is 19.4. The van der Waals surface area contributed by atoms with Gasteiger partial charge in [0.15, 0.2) is 0 Å². The molecule has 0 spiro atoms. The number of methoxy groups -OCH3 is 1. The van der Waals surface area contributed by atoms with Crippen LogP contribution in [-0.4, -0.2) is 51.8 Å². The zero-order chi connectivity index (χ0) is 14.0. The van der Waals surface area contributed by atoms with Crippen LogP contribution in [0.25, 0.3) is 0 Å². The lowest BCUT2D eigenvalue weighted by Gasteiger charge is -2.29. The first-order valence-corrected chi connectivity index (χ1v) is 5.83. The SMILES string of the molecule is COC[C@]1(CO)O[C@@H](n2ccc(N)nc2=O)C[C@@H]1O. The lowest BCUT2D eigenvalue weighted by atomic mass is 9.99. The summed E-state index contributed by atoms with van der Waals surface area (Å²) in [6, 6.07) is 1.46. The van der Waals surface area contributed by atoms with E-state index >= 15 is 0 Å². The molecular formula is C11H17N3O5. The van der Waals surface area contributed by atoms with E-state index in [1.165, 1.54) is 23.9 Å². The van der Waals surface area contributed by atoms with Crippen LogP contribution in [0.1, 0.15) is 12.6 Å². The molecule has 1 aromatic heterocycles. The fourth-order valence-corrected chi connectivity index (χ4v) is 2.18. The van der Waals surface area contributed by atoms with Gasteiger partial charge in [-0.05, 0) is 6.07 Å². The monoisotopic (exact) mass is 271 g/mol. The lowest BCUT2D eigenvalue weighted by Crippen LogP contribution is -2.47. The Kier molecular flexibility index (Phi) is 3.85. The number of nitrogens with two attached hydrogens (primary N) is 1. The van der Waals surface area contributed by atoms with E-state index in [1.54, 1.807) is 0 Å². The van der Waals surface area contributed by atoms with E-state index < -0.39 is 30.2 Å². The highest BCUT2D eigenvalue weighted by Gasteiger charge is 2.48. The van der Waals surface area contributed by atoms with Crippen LogP contribution in [0.5, 0.6) is 0 Å². The maximum Gasteiger partial charge on any atom is 0.351 e. The van der Waals surface area contributed by atoms with Crippen LogP contribution in [0.4, 0.5) is 5.82 Å². The molecule has 106 valence electrons. The van der Waals surface area contributed by atoms with Gasteiger partial charge in [0, 0.05) is 19.7 Å². The third kappa shape index (κ3) is 2.47. The van der Waals surface area contributed by atoms with E-state index in [9.17, 15) is 15.0 Å². The molecule has 2 heterocycles. The highest BCUT2D eigenvalue weighted by molar-refractivity contribution is 5.23. The Hall–Kier alpha value is -1.48. The summed E-state index contributed by atoms with van der Waals surface area (Å²) in [5.41, 5.74) is 3.62. The maximum atomic E-state index is 11.7. The summed E-state index contributed by atoms with van der Waals surface area (Å²) in [6.45, 7) is -0.381. The Bertz CT molecular complexity index is 505. The van der Waals surface area contributed by atoms with Gasteiger partial charge in [-0.25, -0.2) is 4.79 Å². The molecular weight excluding hydrogens is 254 g/mol. The number of aliphatic hydroxyl groups excluding tert-OH is 2. The van der Waals surface area contributed by atoms with Gasteiger partial charge in [-0.15, -0.1) is 0 Å². The zero-order valence-electron chi connectivity index (χ0n) is 10.5. The van der Waals surface area contributed by atoms with Crippen molar-refractivity contribution in [3.63, 3.8) is 0 Å².